The number of aliphatic carboxylic acids is 1. The topological polar surface area (TPSA) is 75.6 Å². The number of alkyl carbamates (subject to hydrolysis) is 1. The second-order valence-electron chi connectivity index (χ2n) is 6.05. The molecular weight excluding hydrogens is 246 g/mol. The van der Waals surface area contributed by atoms with Crippen LogP contribution in [-0.2, 0) is 9.53 Å². The largest absolute Gasteiger partial charge is 0.481 e. The van der Waals surface area contributed by atoms with Crippen LogP contribution < -0.4 is 5.32 Å². The van der Waals surface area contributed by atoms with Crippen molar-refractivity contribution in [2.45, 2.75) is 39.2 Å². The maximum absolute atomic E-state index is 11.8. The summed E-state index contributed by atoms with van der Waals surface area (Å²) in [7, 11) is 0. The normalized spacial score (nSPS) is 34.8. The number of hydrogen-bond donors (Lipinski definition) is 2. The van der Waals surface area contributed by atoms with Crippen LogP contribution in [-0.4, -0.2) is 29.8 Å². The highest BCUT2D eigenvalue weighted by Crippen LogP contribution is 2.65. The molecule has 2 bridgehead atoms. The molecule has 3 unspecified atom stereocenters. The summed E-state index contributed by atoms with van der Waals surface area (Å²) in [5.74, 6) is -0.472. The van der Waals surface area contributed by atoms with Crippen LogP contribution in [0.2, 0.25) is 0 Å². The summed E-state index contributed by atoms with van der Waals surface area (Å²) in [5, 5.41) is 12.4. The number of hydrogen-bond acceptors (Lipinski definition) is 3. The van der Waals surface area contributed by atoms with E-state index >= 15 is 0 Å². The molecule has 0 aromatic heterocycles. The van der Waals surface area contributed by atoms with E-state index in [0.29, 0.717) is 18.8 Å². The van der Waals surface area contributed by atoms with Crippen LogP contribution in [0.3, 0.4) is 0 Å². The van der Waals surface area contributed by atoms with E-state index in [1.165, 1.54) is 6.08 Å². The van der Waals surface area contributed by atoms with Gasteiger partial charge in [-0.15, -0.1) is 0 Å². The lowest BCUT2D eigenvalue weighted by Crippen LogP contribution is -2.53. The minimum atomic E-state index is -0.870. The number of fused-ring (bicyclic) bond motifs is 2. The quantitative estimate of drug-likeness (QED) is 0.765. The van der Waals surface area contributed by atoms with Crippen LogP contribution in [0.5, 0.6) is 0 Å². The summed E-state index contributed by atoms with van der Waals surface area (Å²) in [6.45, 7) is 7.59. The van der Waals surface area contributed by atoms with Crippen LogP contribution in [0.25, 0.3) is 0 Å². The monoisotopic (exact) mass is 267 g/mol. The van der Waals surface area contributed by atoms with Crippen LogP contribution in [0.4, 0.5) is 4.79 Å². The third kappa shape index (κ3) is 1.83. The Hall–Kier alpha value is -1.52. The lowest BCUT2D eigenvalue weighted by Gasteiger charge is -2.38. The van der Waals surface area contributed by atoms with Gasteiger partial charge in [0, 0.05) is 6.04 Å². The Morgan fingerprint density at radius 1 is 1.53 bits per heavy atom. The zero-order valence-electron chi connectivity index (χ0n) is 11.4. The number of rotatable bonds is 4. The molecule has 0 aliphatic heterocycles. The van der Waals surface area contributed by atoms with Gasteiger partial charge in [0.1, 0.15) is 6.61 Å². The predicted octanol–water partition coefficient (Wildman–Crippen LogP) is 2.18. The second-order valence-corrected chi connectivity index (χ2v) is 6.05. The van der Waals surface area contributed by atoms with Crippen LogP contribution in [0.15, 0.2) is 12.7 Å². The van der Waals surface area contributed by atoms with Gasteiger partial charge in [0.25, 0.3) is 0 Å². The zero-order valence-corrected chi connectivity index (χ0v) is 11.4. The molecule has 0 spiro atoms. The SMILES string of the molecule is C=CCOC(=O)NC1CC2CCC1(C(=O)O)C2(C)C. The van der Waals surface area contributed by atoms with Crippen molar-refractivity contribution in [3.8, 4) is 0 Å². The number of carboxylic acid groups (broad SMARTS) is 1. The Balaban J connectivity index is 2.17. The minimum Gasteiger partial charge on any atom is -0.481 e. The Labute approximate surface area is 113 Å². The molecule has 0 aromatic rings. The lowest BCUT2D eigenvalue weighted by molar-refractivity contribution is -0.155. The van der Waals surface area contributed by atoms with Crippen molar-refractivity contribution in [3.63, 3.8) is 0 Å². The van der Waals surface area contributed by atoms with Gasteiger partial charge in [-0.3, -0.25) is 4.79 Å². The van der Waals surface area contributed by atoms with E-state index in [1.807, 2.05) is 13.8 Å². The predicted molar refractivity (Wildman–Crippen MR) is 69.7 cm³/mol. The van der Waals surface area contributed by atoms with E-state index in [1.54, 1.807) is 0 Å². The van der Waals surface area contributed by atoms with Crippen molar-refractivity contribution in [1.82, 2.24) is 5.32 Å². The summed E-state index contributed by atoms with van der Waals surface area (Å²) in [6.07, 6.45) is 3.17. The average molecular weight is 267 g/mol. The molecule has 3 atom stereocenters. The van der Waals surface area contributed by atoms with E-state index in [2.05, 4.69) is 11.9 Å². The number of carbonyl (C=O) groups is 2. The van der Waals surface area contributed by atoms with Crippen LogP contribution in [0, 0.1) is 16.7 Å². The van der Waals surface area contributed by atoms with Gasteiger partial charge in [0.2, 0.25) is 0 Å². The van der Waals surface area contributed by atoms with Crippen molar-refractivity contribution in [2.24, 2.45) is 16.7 Å². The number of nitrogens with one attached hydrogen (secondary N) is 1. The standard InChI is InChI=1S/C14H21NO4/c1-4-7-19-12(18)15-10-8-9-5-6-14(10,11(16)17)13(9,2)3/h4,9-10H,1,5-8H2,2-3H3,(H,15,18)(H,16,17). The smallest absolute Gasteiger partial charge is 0.407 e. The van der Waals surface area contributed by atoms with Crippen molar-refractivity contribution >= 4 is 12.1 Å². The van der Waals surface area contributed by atoms with Crippen LogP contribution in [0.1, 0.15) is 33.1 Å². The fourth-order valence-electron chi connectivity index (χ4n) is 4.00. The first kappa shape index (κ1) is 13.9. The van der Waals surface area contributed by atoms with E-state index in [9.17, 15) is 14.7 Å². The highest BCUT2D eigenvalue weighted by molar-refractivity contribution is 5.80. The van der Waals surface area contributed by atoms with Gasteiger partial charge in [-0.05, 0) is 30.6 Å². The van der Waals surface area contributed by atoms with Gasteiger partial charge in [-0.2, -0.15) is 0 Å². The average Bonchev–Trinajstić information content (AvgIpc) is 2.71. The molecule has 0 radical (unpaired) electrons. The highest BCUT2D eigenvalue weighted by atomic mass is 16.5. The Morgan fingerprint density at radius 3 is 2.74 bits per heavy atom. The van der Waals surface area contributed by atoms with Crippen molar-refractivity contribution < 1.29 is 19.4 Å². The molecule has 2 N–H and O–H groups in total. The van der Waals surface area contributed by atoms with Gasteiger partial charge in [0.15, 0.2) is 0 Å². The minimum absolute atomic E-state index is 0.130. The molecule has 0 aromatic carbocycles. The summed E-state index contributed by atoms with van der Waals surface area (Å²) in [5.41, 5.74) is -1.17. The maximum Gasteiger partial charge on any atom is 0.407 e. The third-order valence-electron chi connectivity index (χ3n) is 5.18. The highest BCUT2D eigenvalue weighted by Gasteiger charge is 2.68. The van der Waals surface area contributed by atoms with Gasteiger partial charge in [-0.1, -0.05) is 26.5 Å². The van der Waals surface area contributed by atoms with E-state index in [-0.39, 0.29) is 18.1 Å². The Kier molecular flexibility index (Phi) is 3.32. The molecule has 2 aliphatic rings. The summed E-state index contributed by atoms with van der Waals surface area (Å²) < 4.78 is 4.89. The second kappa shape index (κ2) is 4.54. The third-order valence-corrected chi connectivity index (χ3v) is 5.18. The molecule has 106 valence electrons. The molecule has 5 nitrogen and oxygen atoms in total. The van der Waals surface area contributed by atoms with Crippen LogP contribution >= 0.6 is 0 Å². The molecular formula is C14H21NO4. The van der Waals surface area contributed by atoms with E-state index in [0.717, 1.165) is 6.42 Å². The van der Waals surface area contributed by atoms with Crippen molar-refractivity contribution in [1.29, 1.82) is 0 Å². The molecule has 5 heteroatoms. The first-order valence-corrected chi connectivity index (χ1v) is 6.64. The first-order chi connectivity index (χ1) is 8.86. The lowest BCUT2D eigenvalue weighted by atomic mass is 9.67. The molecule has 19 heavy (non-hydrogen) atoms. The van der Waals surface area contributed by atoms with E-state index in [4.69, 9.17) is 4.74 Å². The van der Waals surface area contributed by atoms with Gasteiger partial charge < -0.3 is 15.2 Å². The Bertz CT molecular complexity index is 418. The number of amides is 1. The molecule has 2 fully saturated rings. The first-order valence-electron chi connectivity index (χ1n) is 6.64. The number of carbonyl (C=O) groups excluding carboxylic acids is 1. The maximum atomic E-state index is 11.8. The molecule has 2 saturated carbocycles. The number of carboxylic acids is 1. The zero-order chi connectivity index (χ0) is 14.3. The van der Waals surface area contributed by atoms with Crippen molar-refractivity contribution in [3.05, 3.63) is 12.7 Å². The van der Waals surface area contributed by atoms with Gasteiger partial charge in [0.05, 0.1) is 5.41 Å². The molecule has 0 heterocycles. The summed E-state index contributed by atoms with van der Waals surface area (Å²) >= 11 is 0. The Morgan fingerprint density at radius 2 is 2.21 bits per heavy atom. The van der Waals surface area contributed by atoms with Gasteiger partial charge in [-0.25, -0.2) is 4.79 Å². The molecule has 0 saturated heterocycles. The van der Waals surface area contributed by atoms with Crippen molar-refractivity contribution in [2.75, 3.05) is 6.61 Å². The fraction of sp³-hybridized carbons (Fsp3) is 0.714. The molecule has 2 rings (SSSR count). The van der Waals surface area contributed by atoms with Gasteiger partial charge >= 0.3 is 12.1 Å². The fourth-order valence-corrected chi connectivity index (χ4v) is 4.00. The molecule has 2 aliphatic carbocycles. The molecule has 1 amide bonds. The summed E-state index contributed by atoms with van der Waals surface area (Å²) in [6, 6.07) is -0.351. The summed E-state index contributed by atoms with van der Waals surface area (Å²) in [4.78, 5) is 23.4. The van der Waals surface area contributed by atoms with E-state index < -0.39 is 17.5 Å². The number of ether oxygens (including phenoxy) is 1.